The van der Waals surface area contributed by atoms with Gasteiger partial charge in [-0.15, -0.1) is 0 Å². The molecule has 1 heterocycles. The molecule has 2 rings (SSSR count). The van der Waals surface area contributed by atoms with Crippen molar-refractivity contribution in [3.63, 3.8) is 0 Å². The summed E-state index contributed by atoms with van der Waals surface area (Å²) in [5, 5.41) is 8.01. The van der Waals surface area contributed by atoms with Crippen molar-refractivity contribution in [3.05, 3.63) is 0 Å². The van der Waals surface area contributed by atoms with E-state index in [2.05, 4.69) is 10.6 Å². The highest BCUT2D eigenvalue weighted by Crippen LogP contribution is 2.36. The fraction of sp³-hybridized carbons (Fsp3) is 1.00. The molecule has 0 unspecified atom stereocenters. The van der Waals surface area contributed by atoms with E-state index < -0.39 is 0 Å². The van der Waals surface area contributed by atoms with Gasteiger partial charge in [0.1, 0.15) is 0 Å². The molecule has 2 heteroatoms. The van der Waals surface area contributed by atoms with E-state index >= 15 is 0 Å². The van der Waals surface area contributed by atoms with Crippen LogP contribution in [0.5, 0.6) is 0 Å². The van der Waals surface area contributed by atoms with Crippen LogP contribution in [0.1, 0.15) is 19.3 Å². The Kier molecular flexibility index (Phi) is 1.24. The summed E-state index contributed by atoms with van der Waals surface area (Å²) >= 11 is 0. The summed E-state index contributed by atoms with van der Waals surface area (Å²) in [5.41, 5.74) is 0.427. The summed E-state index contributed by atoms with van der Waals surface area (Å²) in [6.45, 7) is 3.41. The molecule has 2 aliphatic rings. The molecule has 1 aliphatic carbocycles. The van der Waals surface area contributed by atoms with Crippen molar-refractivity contribution in [2.24, 2.45) is 0 Å². The molecule has 2 fully saturated rings. The Balaban J connectivity index is 1.92. The number of rotatable bonds is 0. The van der Waals surface area contributed by atoms with E-state index in [-0.39, 0.29) is 0 Å². The van der Waals surface area contributed by atoms with Gasteiger partial charge in [0, 0.05) is 18.6 Å². The van der Waals surface area contributed by atoms with Crippen molar-refractivity contribution >= 4 is 0 Å². The smallest absolute Gasteiger partial charge is 0.0482 e. The lowest BCUT2D eigenvalue weighted by Crippen LogP contribution is -2.32. The van der Waals surface area contributed by atoms with E-state index in [0.29, 0.717) is 5.54 Å². The Labute approximate surface area is 56.0 Å². The summed E-state index contributed by atoms with van der Waals surface area (Å²) in [7, 11) is 0. The molecule has 51 valence electrons. The maximum Gasteiger partial charge on any atom is 0.0482 e. The average molecular weight is 125 g/mol. The van der Waals surface area contributed by atoms with Gasteiger partial charge in [-0.25, -0.2) is 5.32 Å². The van der Waals surface area contributed by atoms with Crippen LogP contribution >= 0.6 is 0 Å². The molecule has 1 aliphatic heterocycles. The third-order valence-corrected chi connectivity index (χ3v) is 2.24. The lowest BCUT2D eigenvalue weighted by molar-refractivity contribution is 0.504. The number of nitrogens with zero attached hydrogens (tertiary/aromatic N) is 1. The fourth-order valence-corrected chi connectivity index (χ4v) is 1.38. The zero-order chi connectivity index (χ0) is 6.16. The topological polar surface area (TPSA) is 26.1 Å². The lowest BCUT2D eigenvalue weighted by Gasteiger charge is -2.09. The van der Waals surface area contributed by atoms with E-state index in [1.54, 1.807) is 0 Å². The predicted molar refractivity (Wildman–Crippen MR) is 36.5 cm³/mol. The van der Waals surface area contributed by atoms with Crippen LogP contribution < -0.4 is 10.6 Å². The van der Waals surface area contributed by atoms with Crippen LogP contribution in [0.25, 0.3) is 0 Å². The molecule has 1 spiro atoms. The van der Waals surface area contributed by atoms with Gasteiger partial charge in [0.25, 0.3) is 0 Å². The minimum Gasteiger partial charge on any atom is -0.315 e. The highest BCUT2D eigenvalue weighted by Gasteiger charge is 2.43. The minimum atomic E-state index is 0.427. The lowest BCUT2D eigenvalue weighted by atomic mass is 10.3. The first-order valence-corrected chi connectivity index (χ1v) is 3.81. The van der Waals surface area contributed by atoms with E-state index in [0.717, 1.165) is 13.1 Å². The maximum atomic E-state index is 4.60. The van der Waals surface area contributed by atoms with Gasteiger partial charge >= 0.3 is 0 Å². The molecule has 0 aromatic heterocycles. The van der Waals surface area contributed by atoms with Crippen LogP contribution in [0.4, 0.5) is 0 Å². The van der Waals surface area contributed by atoms with Gasteiger partial charge in [-0.05, 0) is 25.8 Å². The van der Waals surface area contributed by atoms with Gasteiger partial charge in [0.15, 0.2) is 0 Å². The van der Waals surface area contributed by atoms with Gasteiger partial charge in [-0.3, -0.25) is 0 Å². The number of hydrogen-bond donors (Lipinski definition) is 1. The SMILES string of the molecule is C1C[N]C2(CC2)CNC1. The van der Waals surface area contributed by atoms with E-state index in [1.807, 2.05) is 0 Å². The van der Waals surface area contributed by atoms with Crippen molar-refractivity contribution in [2.45, 2.75) is 24.8 Å². The minimum absolute atomic E-state index is 0.427. The Bertz CT molecular complexity index is 97.5. The standard InChI is InChI=1S/C7H13N2/c1-4-8-6-7(2-3-7)9-5-1/h8H,1-6H2. The van der Waals surface area contributed by atoms with Crippen LogP contribution in [-0.4, -0.2) is 25.2 Å². The summed E-state index contributed by atoms with van der Waals surface area (Å²) in [4.78, 5) is 0. The molecule has 0 atom stereocenters. The zero-order valence-corrected chi connectivity index (χ0v) is 5.69. The van der Waals surface area contributed by atoms with Crippen LogP contribution in [0.2, 0.25) is 0 Å². The van der Waals surface area contributed by atoms with Gasteiger partial charge in [0.05, 0.1) is 0 Å². The summed E-state index contributed by atoms with van der Waals surface area (Å²) in [6.07, 6.45) is 3.90. The van der Waals surface area contributed by atoms with E-state index in [1.165, 1.54) is 25.8 Å². The van der Waals surface area contributed by atoms with Crippen LogP contribution in [0.3, 0.4) is 0 Å². The predicted octanol–water partition coefficient (Wildman–Crippen LogP) is 0.117. The Morgan fingerprint density at radius 1 is 1.33 bits per heavy atom. The second-order valence-corrected chi connectivity index (χ2v) is 3.14. The van der Waals surface area contributed by atoms with Gasteiger partial charge in [-0.1, -0.05) is 0 Å². The highest BCUT2D eigenvalue weighted by molar-refractivity contribution is 5.04. The Hall–Kier alpha value is -0.0800. The van der Waals surface area contributed by atoms with Crippen molar-refractivity contribution in [3.8, 4) is 0 Å². The summed E-state index contributed by atoms with van der Waals surface area (Å²) in [5.74, 6) is 0. The number of nitrogens with one attached hydrogen (secondary N) is 1. The molecule has 0 amide bonds. The third kappa shape index (κ3) is 1.10. The molecule has 0 aromatic carbocycles. The van der Waals surface area contributed by atoms with Gasteiger partial charge < -0.3 is 5.32 Å². The highest BCUT2D eigenvalue weighted by atomic mass is 15.1. The fourth-order valence-electron chi connectivity index (χ4n) is 1.38. The second-order valence-electron chi connectivity index (χ2n) is 3.14. The van der Waals surface area contributed by atoms with Gasteiger partial charge in [-0.2, -0.15) is 0 Å². The molecule has 1 saturated carbocycles. The zero-order valence-electron chi connectivity index (χ0n) is 5.69. The van der Waals surface area contributed by atoms with Crippen LogP contribution in [0.15, 0.2) is 0 Å². The van der Waals surface area contributed by atoms with Crippen LogP contribution in [0, 0.1) is 0 Å². The normalized spacial score (nSPS) is 32.0. The largest absolute Gasteiger partial charge is 0.315 e. The first-order chi connectivity index (χ1) is 4.41. The molecule has 9 heavy (non-hydrogen) atoms. The molecule has 0 bridgehead atoms. The molecule has 1 radical (unpaired) electrons. The molecular formula is C7H13N2. The Morgan fingerprint density at radius 3 is 3.00 bits per heavy atom. The summed E-state index contributed by atoms with van der Waals surface area (Å²) in [6, 6.07) is 0. The molecule has 1 N–H and O–H groups in total. The Morgan fingerprint density at radius 2 is 2.22 bits per heavy atom. The summed E-state index contributed by atoms with van der Waals surface area (Å²) < 4.78 is 0. The van der Waals surface area contributed by atoms with E-state index in [9.17, 15) is 0 Å². The number of hydrogen-bond acceptors (Lipinski definition) is 1. The molecule has 0 aromatic rings. The van der Waals surface area contributed by atoms with Crippen molar-refractivity contribution < 1.29 is 0 Å². The molecular weight excluding hydrogens is 112 g/mol. The first kappa shape index (κ1) is 5.69. The second kappa shape index (κ2) is 1.96. The van der Waals surface area contributed by atoms with Crippen molar-refractivity contribution in [2.75, 3.05) is 19.6 Å². The average Bonchev–Trinajstić information content (AvgIpc) is 2.64. The quantitative estimate of drug-likeness (QED) is 0.489. The van der Waals surface area contributed by atoms with Crippen molar-refractivity contribution in [1.82, 2.24) is 10.6 Å². The third-order valence-electron chi connectivity index (χ3n) is 2.24. The monoisotopic (exact) mass is 125 g/mol. The van der Waals surface area contributed by atoms with Gasteiger partial charge in [0.2, 0.25) is 0 Å². The van der Waals surface area contributed by atoms with E-state index in [4.69, 9.17) is 0 Å². The van der Waals surface area contributed by atoms with Crippen LogP contribution in [-0.2, 0) is 0 Å². The maximum absolute atomic E-state index is 4.60. The molecule has 1 saturated heterocycles. The first-order valence-electron chi connectivity index (χ1n) is 3.81. The molecule has 2 nitrogen and oxygen atoms in total. The van der Waals surface area contributed by atoms with Crippen molar-refractivity contribution in [1.29, 1.82) is 0 Å².